The summed E-state index contributed by atoms with van der Waals surface area (Å²) in [7, 11) is 0. The van der Waals surface area contributed by atoms with E-state index in [1.165, 1.54) is 24.8 Å². The number of nitrogens with one attached hydrogen (secondary N) is 3. The molecule has 1 aliphatic heterocycles. The molecule has 3 aromatic rings. The molecule has 172 valence electrons. The van der Waals surface area contributed by atoms with Gasteiger partial charge in [-0.05, 0) is 60.4 Å². The number of pyridine rings is 2. The fourth-order valence-electron chi connectivity index (χ4n) is 5.24. The molecule has 0 aromatic carbocycles. The number of anilines is 2. The summed E-state index contributed by atoms with van der Waals surface area (Å²) in [6, 6.07) is 4.38. The zero-order valence-electron chi connectivity index (χ0n) is 19.2. The van der Waals surface area contributed by atoms with E-state index in [4.69, 9.17) is 9.97 Å². The monoisotopic (exact) mass is 451 g/mol. The third-order valence-electron chi connectivity index (χ3n) is 7.38. The lowest BCUT2D eigenvalue weighted by atomic mass is 9.79. The second-order valence-corrected chi connectivity index (χ2v) is 9.42. The Labute approximate surface area is 199 Å². The zero-order valence-corrected chi connectivity index (χ0v) is 19.2. The largest absolute Gasteiger partial charge is 0.366 e. The summed E-state index contributed by atoms with van der Waals surface area (Å²) < 4.78 is 0. The van der Waals surface area contributed by atoms with Crippen LogP contribution in [0.15, 0.2) is 67.8 Å². The van der Waals surface area contributed by atoms with Crippen molar-refractivity contribution in [1.29, 1.82) is 0 Å². The van der Waals surface area contributed by atoms with Crippen LogP contribution in [0.4, 0.5) is 11.6 Å². The van der Waals surface area contributed by atoms with Gasteiger partial charge in [0, 0.05) is 48.2 Å². The maximum absolute atomic E-state index is 5.08. The molecule has 0 amide bonds. The third-order valence-corrected chi connectivity index (χ3v) is 7.38. The van der Waals surface area contributed by atoms with E-state index in [1.807, 2.05) is 30.6 Å². The Morgan fingerprint density at radius 2 is 1.97 bits per heavy atom. The van der Waals surface area contributed by atoms with Crippen LogP contribution in [0.5, 0.6) is 0 Å². The number of aromatic nitrogens is 4. The molecule has 4 heterocycles. The van der Waals surface area contributed by atoms with Gasteiger partial charge >= 0.3 is 0 Å². The number of piperidine rings is 1. The van der Waals surface area contributed by atoms with Crippen LogP contribution in [-0.2, 0) is 0 Å². The second kappa shape index (κ2) is 8.65. The number of fused-ring (bicyclic) bond motifs is 2. The van der Waals surface area contributed by atoms with Crippen molar-refractivity contribution in [2.24, 2.45) is 11.8 Å². The fraction of sp³-hybridized carbons (Fsp3) is 0.333. The van der Waals surface area contributed by atoms with Crippen LogP contribution < -0.4 is 16.0 Å². The molecular weight excluding hydrogens is 422 g/mol. The molecular formula is C27H29N7. The summed E-state index contributed by atoms with van der Waals surface area (Å²) in [6.45, 7) is 9.76. The molecule has 34 heavy (non-hydrogen) atoms. The topological polar surface area (TPSA) is 87.7 Å². The summed E-state index contributed by atoms with van der Waals surface area (Å²) >= 11 is 0. The standard InChI is InChI=1S/C27H29N7/c1-3-6-18(4-2)31-23-11-17(9-10-30-23)26-32-22-15-29-12-19(16-7-5-8-16)24(22)27(34-26)33-25-20-13-28-14-21(20)25/h3-4,6,9-12,15-16,20-21,25,28H,1-2,5,7-8,13-14H2,(H,30,31)(H,32,33,34)/b18-6+. The van der Waals surface area contributed by atoms with Crippen molar-refractivity contribution in [3.05, 3.63) is 73.4 Å². The molecule has 0 spiro atoms. The summed E-state index contributed by atoms with van der Waals surface area (Å²) in [4.78, 5) is 19.0. The van der Waals surface area contributed by atoms with Crippen LogP contribution in [-0.4, -0.2) is 39.1 Å². The van der Waals surface area contributed by atoms with Crippen molar-refractivity contribution < 1.29 is 0 Å². The number of hydrogen-bond donors (Lipinski definition) is 3. The molecule has 2 atom stereocenters. The molecule has 3 aromatic heterocycles. The van der Waals surface area contributed by atoms with Gasteiger partial charge in [0.1, 0.15) is 11.6 Å². The predicted octanol–water partition coefficient (Wildman–Crippen LogP) is 4.65. The smallest absolute Gasteiger partial charge is 0.162 e. The maximum atomic E-state index is 5.08. The first kappa shape index (κ1) is 21.0. The highest BCUT2D eigenvalue weighted by atomic mass is 15.1. The van der Waals surface area contributed by atoms with Crippen molar-refractivity contribution >= 4 is 22.5 Å². The van der Waals surface area contributed by atoms with E-state index in [-0.39, 0.29) is 0 Å². The Morgan fingerprint density at radius 3 is 2.71 bits per heavy atom. The first-order valence-electron chi connectivity index (χ1n) is 12.1. The van der Waals surface area contributed by atoms with E-state index in [0.29, 0.717) is 35.4 Å². The van der Waals surface area contributed by atoms with Gasteiger partial charge in [-0.1, -0.05) is 25.7 Å². The second-order valence-electron chi connectivity index (χ2n) is 9.42. The average molecular weight is 452 g/mol. The van der Waals surface area contributed by atoms with Gasteiger partial charge < -0.3 is 16.0 Å². The Balaban J connectivity index is 1.41. The van der Waals surface area contributed by atoms with E-state index in [1.54, 1.807) is 18.3 Å². The van der Waals surface area contributed by atoms with Crippen molar-refractivity contribution in [3.8, 4) is 11.4 Å². The molecule has 0 radical (unpaired) electrons. The zero-order chi connectivity index (χ0) is 23.1. The molecule has 2 aliphatic carbocycles. The van der Waals surface area contributed by atoms with Crippen LogP contribution in [0.3, 0.4) is 0 Å². The molecule has 2 saturated carbocycles. The Kier molecular flexibility index (Phi) is 5.34. The average Bonchev–Trinajstić information content (AvgIpc) is 3.23. The molecule has 7 heteroatoms. The number of hydrogen-bond acceptors (Lipinski definition) is 7. The highest BCUT2D eigenvalue weighted by molar-refractivity contribution is 5.93. The summed E-state index contributed by atoms with van der Waals surface area (Å²) in [6.07, 6.45) is 14.7. The van der Waals surface area contributed by atoms with Gasteiger partial charge in [-0.3, -0.25) is 4.98 Å². The molecule has 3 aliphatic rings. The van der Waals surface area contributed by atoms with Crippen molar-refractivity contribution in [1.82, 2.24) is 25.3 Å². The van der Waals surface area contributed by atoms with E-state index in [2.05, 4.69) is 39.1 Å². The SMILES string of the molecule is C=C/C=C(\C=C)Nc1cc(-c2nc(NC3C4CNCC43)c3c(C4CCC4)cncc3n2)ccn1. The minimum absolute atomic E-state index is 0.475. The Morgan fingerprint density at radius 1 is 1.12 bits per heavy atom. The summed E-state index contributed by atoms with van der Waals surface area (Å²) in [5, 5.41) is 11.7. The fourth-order valence-corrected chi connectivity index (χ4v) is 5.24. The Bertz CT molecular complexity index is 1280. The molecule has 0 bridgehead atoms. The molecule has 6 rings (SSSR count). The Hall–Kier alpha value is -3.58. The predicted molar refractivity (Wildman–Crippen MR) is 137 cm³/mol. The molecule has 1 saturated heterocycles. The molecule has 2 unspecified atom stereocenters. The van der Waals surface area contributed by atoms with Crippen LogP contribution in [0.2, 0.25) is 0 Å². The number of allylic oxidation sites excluding steroid dienone is 3. The van der Waals surface area contributed by atoms with Crippen LogP contribution >= 0.6 is 0 Å². The van der Waals surface area contributed by atoms with E-state index in [9.17, 15) is 0 Å². The number of nitrogens with zero attached hydrogens (tertiary/aromatic N) is 4. The molecule has 3 fully saturated rings. The minimum Gasteiger partial charge on any atom is -0.366 e. The number of rotatable bonds is 8. The van der Waals surface area contributed by atoms with E-state index in [0.717, 1.165) is 41.1 Å². The van der Waals surface area contributed by atoms with Gasteiger partial charge in [0.05, 0.1) is 11.7 Å². The first-order valence-corrected chi connectivity index (χ1v) is 12.1. The lowest BCUT2D eigenvalue weighted by molar-refractivity contribution is 0.421. The molecule has 7 nitrogen and oxygen atoms in total. The molecule has 3 N–H and O–H groups in total. The maximum Gasteiger partial charge on any atom is 0.162 e. The van der Waals surface area contributed by atoms with Crippen LogP contribution in [0, 0.1) is 11.8 Å². The lowest BCUT2D eigenvalue weighted by Gasteiger charge is -2.27. The van der Waals surface area contributed by atoms with Gasteiger partial charge in [0.15, 0.2) is 5.82 Å². The minimum atomic E-state index is 0.475. The third kappa shape index (κ3) is 3.76. The normalized spacial score (nSPS) is 23.8. The quantitative estimate of drug-likeness (QED) is 0.430. The van der Waals surface area contributed by atoms with Crippen LogP contribution in [0.25, 0.3) is 22.3 Å². The highest BCUT2D eigenvalue weighted by Gasteiger charge is 2.53. The van der Waals surface area contributed by atoms with E-state index >= 15 is 0 Å². The first-order chi connectivity index (χ1) is 16.7. The van der Waals surface area contributed by atoms with Gasteiger partial charge in [-0.15, -0.1) is 0 Å². The van der Waals surface area contributed by atoms with Crippen molar-refractivity contribution in [2.45, 2.75) is 31.2 Å². The van der Waals surface area contributed by atoms with E-state index < -0.39 is 0 Å². The van der Waals surface area contributed by atoms with Crippen molar-refractivity contribution in [3.63, 3.8) is 0 Å². The van der Waals surface area contributed by atoms with Gasteiger partial charge in [0.25, 0.3) is 0 Å². The van der Waals surface area contributed by atoms with Crippen molar-refractivity contribution in [2.75, 3.05) is 23.7 Å². The summed E-state index contributed by atoms with van der Waals surface area (Å²) in [5.74, 6) is 4.24. The van der Waals surface area contributed by atoms with Gasteiger partial charge in [-0.25, -0.2) is 15.0 Å². The summed E-state index contributed by atoms with van der Waals surface area (Å²) in [5.41, 5.74) is 3.90. The lowest BCUT2D eigenvalue weighted by Crippen LogP contribution is -2.22. The van der Waals surface area contributed by atoms with Crippen LogP contribution in [0.1, 0.15) is 30.7 Å². The van der Waals surface area contributed by atoms with Gasteiger partial charge in [0.2, 0.25) is 0 Å². The van der Waals surface area contributed by atoms with Gasteiger partial charge in [-0.2, -0.15) is 0 Å². The highest BCUT2D eigenvalue weighted by Crippen LogP contribution is 2.46.